The zero-order chi connectivity index (χ0) is 32.5. The monoisotopic (exact) mass is 640 g/mol. The highest BCUT2D eigenvalue weighted by Crippen LogP contribution is 2.37. The van der Waals surface area contributed by atoms with Gasteiger partial charge in [-0.1, -0.05) is 37.5 Å². The number of nitrogens with one attached hydrogen (secondary N) is 2. The predicted molar refractivity (Wildman–Crippen MR) is 186 cm³/mol. The van der Waals surface area contributed by atoms with E-state index in [2.05, 4.69) is 43.4 Å². The van der Waals surface area contributed by atoms with Crippen molar-refractivity contribution < 1.29 is 9.59 Å². The van der Waals surface area contributed by atoms with Crippen LogP contribution in [0.1, 0.15) is 125 Å². The Labute approximate surface area is 282 Å². The number of piperidine rings is 2. The summed E-state index contributed by atoms with van der Waals surface area (Å²) in [6.45, 7) is 1.64. The molecule has 0 unspecified atom stereocenters. The quantitative estimate of drug-likeness (QED) is 0.228. The molecule has 246 valence electrons. The third kappa shape index (κ3) is 6.21. The number of carbonyl (C=O) groups is 2. The Hall–Kier alpha value is -4.56. The van der Waals surface area contributed by atoms with Gasteiger partial charge in [-0.3, -0.25) is 9.59 Å². The first kappa shape index (κ1) is 30.8. The minimum atomic E-state index is 0.0172. The van der Waals surface area contributed by atoms with Gasteiger partial charge < -0.3 is 19.8 Å². The number of aromatic nitrogens is 4. The molecule has 2 saturated carbocycles. The number of nitrogens with zero attached hydrogens (tertiary/aromatic N) is 4. The van der Waals surface area contributed by atoms with Gasteiger partial charge in [-0.25, -0.2) is 9.97 Å². The van der Waals surface area contributed by atoms with E-state index in [1.54, 1.807) is 0 Å². The largest absolute Gasteiger partial charge is 0.340 e. The van der Waals surface area contributed by atoms with Gasteiger partial charge in [-0.2, -0.15) is 0 Å². The second-order valence-electron chi connectivity index (χ2n) is 14.3. The van der Waals surface area contributed by atoms with Crippen molar-refractivity contribution in [2.45, 2.75) is 102 Å². The third-order valence-electron chi connectivity index (χ3n) is 11.1. The summed E-state index contributed by atoms with van der Waals surface area (Å²) in [5.74, 6) is 15.2. The Kier molecular flexibility index (Phi) is 8.66. The summed E-state index contributed by atoms with van der Waals surface area (Å²) >= 11 is 0. The number of imidazole rings is 2. The van der Waals surface area contributed by atoms with Crippen molar-refractivity contribution in [1.29, 1.82) is 0 Å². The van der Waals surface area contributed by atoms with Crippen LogP contribution in [0.15, 0.2) is 36.4 Å². The zero-order valence-electron chi connectivity index (χ0n) is 27.7. The third-order valence-corrected chi connectivity index (χ3v) is 11.1. The normalized spacial score (nSPS) is 22.1. The summed E-state index contributed by atoms with van der Waals surface area (Å²) in [5.41, 5.74) is 5.37. The van der Waals surface area contributed by atoms with Gasteiger partial charge >= 0.3 is 0 Å². The number of rotatable bonds is 4. The topological polar surface area (TPSA) is 98.0 Å². The van der Waals surface area contributed by atoms with Crippen molar-refractivity contribution in [2.75, 3.05) is 13.1 Å². The number of aromatic amines is 2. The molecule has 2 aromatic carbocycles. The van der Waals surface area contributed by atoms with Crippen LogP contribution in [0.3, 0.4) is 0 Å². The fraction of sp³-hybridized carbons (Fsp3) is 0.500. The van der Waals surface area contributed by atoms with Gasteiger partial charge in [0.05, 0.1) is 34.2 Å². The molecule has 2 atom stereocenters. The number of H-pyrrole nitrogens is 2. The summed E-state index contributed by atoms with van der Waals surface area (Å²) in [4.78, 5) is 47.8. The maximum atomic E-state index is 13.3. The molecule has 8 nitrogen and oxygen atoms in total. The van der Waals surface area contributed by atoms with E-state index >= 15 is 0 Å². The van der Waals surface area contributed by atoms with Gasteiger partial charge in [0.2, 0.25) is 11.8 Å². The average molecular weight is 641 g/mol. The van der Waals surface area contributed by atoms with E-state index in [4.69, 9.17) is 9.97 Å². The maximum Gasteiger partial charge on any atom is 0.226 e. The number of carbonyl (C=O) groups excluding carboxylic acids is 2. The fourth-order valence-electron chi connectivity index (χ4n) is 8.50. The van der Waals surface area contributed by atoms with Crippen molar-refractivity contribution >= 4 is 33.9 Å². The zero-order valence-corrected chi connectivity index (χ0v) is 27.7. The lowest BCUT2D eigenvalue weighted by Crippen LogP contribution is -2.41. The van der Waals surface area contributed by atoms with E-state index < -0.39 is 0 Å². The summed E-state index contributed by atoms with van der Waals surface area (Å²) in [5, 5.41) is 0. The standard InChI is InChI=1S/C40H44N6O2/c47-39(29-13-3-4-14-29)45-23-9-7-17-35(45)37-41-31-21-19-27(25-33(31)43-37)11-1-2-12-28-20-22-32-34(26-28)44-38(42-32)36-18-8-10-24-46(36)40(48)30-15-5-6-16-30/h19-22,25-26,29-30,35-36H,3-10,13-18,23-24H2,(H,41,43)(H,42,44)/t35-,36-/m0/s1. The molecule has 4 heterocycles. The van der Waals surface area contributed by atoms with Gasteiger partial charge in [-0.05, 0) is 112 Å². The molecule has 2 aromatic heterocycles. The van der Waals surface area contributed by atoms with Crippen LogP contribution >= 0.6 is 0 Å². The Balaban J connectivity index is 0.962. The van der Waals surface area contributed by atoms with Crippen LogP contribution in [0, 0.1) is 35.5 Å². The Morgan fingerprint density at radius 2 is 1.00 bits per heavy atom. The first-order valence-corrected chi connectivity index (χ1v) is 18.2. The van der Waals surface area contributed by atoms with Crippen molar-refractivity contribution in [3.05, 3.63) is 59.2 Å². The number of benzene rings is 2. The van der Waals surface area contributed by atoms with Crippen molar-refractivity contribution in [3.8, 4) is 23.7 Å². The maximum absolute atomic E-state index is 13.3. The molecule has 8 rings (SSSR count). The molecule has 2 aliphatic heterocycles. The smallest absolute Gasteiger partial charge is 0.226 e. The van der Waals surface area contributed by atoms with Crippen LogP contribution in [-0.4, -0.2) is 54.6 Å². The molecule has 0 bridgehead atoms. The van der Waals surface area contributed by atoms with Gasteiger partial charge in [0.15, 0.2) is 0 Å². The number of fused-ring (bicyclic) bond motifs is 2. The second-order valence-corrected chi connectivity index (χ2v) is 14.3. The molecule has 2 aliphatic carbocycles. The molecule has 0 radical (unpaired) electrons. The first-order chi connectivity index (χ1) is 23.6. The predicted octanol–water partition coefficient (Wildman–Crippen LogP) is 7.33. The number of likely N-dealkylation sites (tertiary alicyclic amines) is 2. The van der Waals surface area contributed by atoms with E-state index in [0.717, 1.165) is 148 Å². The van der Waals surface area contributed by atoms with Crippen LogP contribution in [0.25, 0.3) is 22.1 Å². The molecule has 4 aromatic rings. The molecule has 2 amide bonds. The fourth-order valence-corrected chi connectivity index (χ4v) is 8.50. The average Bonchev–Trinajstić information content (AvgIpc) is 3.96. The van der Waals surface area contributed by atoms with Crippen molar-refractivity contribution in [3.63, 3.8) is 0 Å². The highest BCUT2D eigenvalue weighted by Gasteiger charge is 2.36. The molecule has 0 spiro atoms. The summed E-state index contributed by atoms with van der Waals surface area (Å²) in [6, 6.07) is 12.1. The van der Waals surface area contributed by atoms with Crippen LogP contribution in [0.2, 0.25) is 0 Å². The summed E-state index contributed by atoms with van der Waals surface area (Å²) in [6.07, 6.45) is 15.0. The summed E-state index contributed by atoms with van der Waals surface area (Å²) < 4.78 is 0. The first-order valence-electron chi connectivity index (χ1n) is 18.2. The molecule has 8 heteroatoms. The van der Waals surface area contributed by atoms with E-state index in [9.17, 15) is 9.59 Å². The van der Waals surface area contributed by atoms with Crippen LogP contribution < -0.4 is 0 Å². The molecule has 48 heavy (non-hydrogen) atoms. The number of hydrogen-bond donors (Lipinski definition) is 2. The molecule has 2 N–H and O–H groups in total. The van der Waals surface area contributed by atoms with Crippen LogP contribution in [0.5, 0.6) is 0 Å². The van der Waals surface area contributed by atoms with E-state index in [1.807, 2.05) is 36.4 Å². The molecular weight excluding hydrogens is 596 g/mol. The van der Waals surface area contributed by atoms with Crippen molar-refractivity contribution in [2.24, 2.45) is 11.8 Å². The molecule has 4 fully saturated rings. The number of hydrogen-bond acceptors (Lipinski definition) is 4. The second kappa shape index (κ2) is 13.5. The Bertz CT molecular complexity index is 1810. The number of amides is 2. The highest BCUT2D eigenvalue weighted by molar-refractivity contribution is 5.82. The van der Waals surface area contributed by atoms with Crippen molar-refractivity contribution in [1.82, 2.24) is 29.7 Å². The lowest BCUT2D eigenvalue weighted by molar-refractivity contribution is -0.140. The van der Waals surface area contributed by atoms with Gasteiger partial charge in [-0.15, -0.1) is 0 Å². The summed E-state index contributed by atoms with van der Waals surface area (Å²) in [7, 11) is 0. The lowest BCUT2D eigenvalue weighted by Gasteiger charge is -2.36. The van der Waals surface area contributed by atoms with Crippen LogP contribution in [-0.2, 0) is 9.59 Å². The van der Waals surface area contributed by atoms with Gasteiger partial charge in [0.25, 0.3) is 0 Å². The SMILES string of the molecule is O=C(C1CCCC1)N1CCCC[C@H]1c1nc2cc(C#CC#Cc3ccc4[nH]c([C@@H]5CCCCN5C(=O)C5CCCC5)nc4c3)ccc2[nH]1. The lowest BCUT2D eigenvalue weighted by atomic mass is 9.98. The molecule has 2 saturated heterocycles. The van der Waals surface area contributed by atoms with Crippen LogP contribution in [0.4, 0.5) is 0 Å². The van der Waals surface area contributed by atoms with Gasteiger partial charge in [0, 0.05) is 36.1 Å². The van der Waals surface area contributed by atoms with E-state index in [-0.39, 0.29) is 23.9 Å². The van der Waals surface area contributed by atoms with E-state index in [0.29, 0.717) is 11.8 Å². The Morgan fingerprint density at radius 1 is 0.583 bits per heavy atom. The molecule has 4 aliphatic rings. The minimum Gasteiger partial charge on any atom is -0.340 e. The minimum absolute atomic E-state index is 0.0172. The highest BCUT2D eigenvalue weighted by atomic mass is 16.2. The Morgan fingerprint density at radius 3 is 1.44 bits per heavy atom. The van der Waals surface area contributed by atoms with E-state index in [1.165, 1.54) is 0 Å². The van der Waals surface area contributed by atoms with Gasteiger partial charge in [0.1, 0.15) is 11.6 Å². The molecular formula is C40H44N6O2.